The van der Waals surface area contributed by atoms with Crippen LogP contribution in [0, 0.1) is 34.9 Å². The van der Waals surface area contributed by atoms with E-state index in [0.717, 1.165) is 11.5 Å². The van der Waals surface area contributed by atoms with Crippen LogP contribution >= 0.6 is 56.9 Å². The average Bonchev–Trinajstić information content (AvgIpc) is 3.51. The van der Waals surface area contributed by atoms with Gasteiger partial charge in [-0.05, 0) is 6.07 Å². The Morgan fingerprint density at radius 3 is 1.56 bits per heavy atom. The van der Waals surface area contributed by atoms with Gasteiger partial charge in [-0.15, -0.1) is 23.2 Å². The quantitative estimate of drug-likeness (QED) is 0.115. The molecule has 41 heavy (non-hydrogen) atoms. The first-order valence-corrected chi connectivity index (χ1v) is 16.2. The number of nitrogen functional groups attached to an aromatic ring is 1. The smallest absolute Gasteiger partial charge is 0.266 e. The molecule has 4 aromatic rings. The molecule has 2 aromatic carbocycles. The summed E-state index contributed by atoms with van der Waals surface area (Å²) in [6.45, 7) is 0. The number of halogens is 9. The van der Waals surface area contributed by atoms with E-state index in [1.54, 1.807) is 0 Å². The fourth-order valence-corrected chi connectivity index (χ4v) is 5.85. The van der Waals surface area contributed by atoms with Gasteiger partial charge < -0.3 is 5.73 Å². The molecule has 2 heterocycles. The van der Waals surface area contributed by atoms with Gasteiger partial charge in [-0.3, -0.25) is 4.72 Å². The van der Waals surface area contributed by atoms with Gasteiger partial charge in [-0.25, -0.2) is 53.1 Å². The van der Waals surface area contributed by atoms with Crippen molar-refractivity contribution in [2.45, 2.75) is 21.6 Å². The Balaban J connectivity index is 0.000000239. The average molecular weight is 724 g/mol. The highest BCUT2D eigenvalue weighted by atomic mass is 35.7. The first-order chi connectivity index (χ1) is 19.0. The van der Waals surface area contributed by atoms with Gasteiger partial charge in [0.25, 0.3) is 19.1 Å². The van der Waals surface area contributed by atoms with Crippen LogP contribution in [0.4, 0.5) is 36.6 Å². The molecule has 0 spiro atoms. The van der Waals surface area contributed by atoms with Crippen molar-refractivity contribution in [2.75, 3.05) is 10.5 Å². The third-order valence-corrected chi connectivity index (χ3v) is 8.46. The highest BCUT2D eigenvalue weighted by Gasteiger charge is 2.24. The van der Waals surface area contributed by atoms with Crippen molar-refractivity contribution in [1.82, 2.24) is 18.7 Å². The van der Waals surface area contributed by atoms with Gasteiger partial charge in [0.15, 0.2) is 40.0 Å². The van der Waals surface area contributed by atoms with Crippen molar-refractivity contribution >= 4 is 86.3 Å². The molecule has 0 atom stereocenters. The van der Waals surface area contributed by atoms with Crippen LogP contribution in [0.5, 0.6) is 0 Å². The lowest BCUT2D eigenvalue weighted by Gasteiger charge is -2.06. The minimum atomic E-state index is -4.44. The molecular weight excluding hydrogens is 713 g/mol. The van der Waals surface area contributed by atoms with E-state index in [1.807, 2.05) is 4.72 Å². The topological polar surface area (TPSA) is 158 Å². The number of nitrogens with two attached hydrogens (primary N) is 1. The van der Waals surface area contributed by atoms with Gasteiger partial charge >= 0.3 is 0 Å². The number of aromatic nitrogens is 4. The predicted molar refractivity (Wildman–Crippen MR) is 140 cm³/mol. The largest absolute Gasteiger partial charge is 0.374 e. The molecule has 2 aromatic heterocycles. The SMILES string of the molecule is Nc1nc(CCl)ns1.O=S(=O)(Cl)c1cc(F)c(F)cc1F.O=S(=O)(Nc1nc(CCl)ns1)c1cc(F)c(F)cc1F. The third-order valence-electron chi connectivity index (χ3n) is 3.91. The summed E-state index contributed by atoms with van der Waals surface area (Å²) in [6.07, 6.45) is 0. The third kappa shape index (κ3) is 10.1. The van der Waals surface area contributed by atoms with Crippen molar-refractivity contribution in [3.63, 3.8) is 0 Å². The minimum Gasteiger partial charge on any atom is -0.374 e. The number of anilines is 2. The first-order valence-electron chi connectivity index (χ1n) is 9.77. The summed E-state index contributed by atoms with van der Waals surface area (Å²) in [5.41, 5.74) is 5.24. The number of sulfonamides is 1. The Kier molecular flexibility index (Phi) is 12.4. The van der Waals surface area contributed by atoms with Crippen LogP contribution in [-0.4, -0.2) is 35.6 Å². The summed E-state index contributed by atoms with van der Waals surface area (Å²) in [5, 5.41) is 0.311. The molecule has 10 nitrogen and oxygen atoms in total. The molecule has 0 aliphatic rings. The van der Waals surface area contributed by atoms with E-state index in [9.17, 15) is 43.2 Å². The van der Waals surface area contributed by atoms with E-state index in [0.29, 0.717) is 28.4 Å². The number of alkyl halides is 2. The lowest BCUT2D eigenvalue weighted by atomic mass is 10.3. The van der Waals surface area contributed by atoms with Crippen LogP contribution < -0.4 is 10.5 Å². The monoisotopic (exact) mass is 722 g/mol. The lowest BCUT2D eigenvalue weighted by Crippen LogP contribution is -2.15. The molecular formula is C18H11Cl3F6N6O4S4. The maximum absolute atomic E-state index is 13.4. The van der Waals surface area contributed by atoms with Crippen molar-refractivity contribution < 1.29 is 43.2 Å². The standard InChI is InChI=1S/C9H5ClF3N3O2S2.C6H2ClF3O2S.C3H4ClN3S/c10-3-8-14-9(19-15-8)16-20(17,18)7-2-5(12)4(11)1-6(7)13;7-13(11,12)6-2-4(9)3(8)1-5(6)10;4-1-2-6-3(5)8-7-2/h1-2H,3H2,(H,14,15,16);1-2H;1H2,(H2,5,6,7). The predicted octanol–water partition coefficient (Wildman–Crippen LogP) is 5.39. The molecule has 4 rings (SSSR count). The van der Waals surface area contributed by atoms with Crippen LogP contribution in [0.15, 0.2) is 34.1 Å². The van der Waals surface area contributed by atoms with Crippen LogP contribution in [0.1, 0.15) is 11.6 Å². The maximum Gasteiger partial charge on any atom is 0.266 e. The number of nitrogens with zero attached hydrogens (tertiary/aromatic N) is 4. The Bertz CT molecular complexity index is 1740. The number of benzene rings is 2. The van der Waals surface area contributed by atoms with E-state index in [1.165, 1.54) is 0 Å². The Hall–Kier alpha value is -2.49. The summed E-state index contributed by atoms with van der Waals surface area (Å²) in [7, 11) is -4.10. The van der Waals surface area contributed by atoms with Crippen molar-refractivity contribution in [2.24, 2.45) is 0 Å². The number of rotatable bonds is 6. The highest BCUT2D eigenvalue weighted by molar-refractivity contribution is 8.13. The Morgan fingerprint density at radius 1 is 0.707 bits per heavy atom. The zero-order chi connectivity index (χ0) is 31.1. The Labute approximate surface area is 249 Å². The van der Waals surface area contributed by atoms with E-state index >= 15 is 0 Å². The molecule has 0 bridgehead atoms. The zero-order valence-corrected chi connectivity index (χ0v) is 24.8. The van der Waals surface area contributed by atoms with E-state index in [4.69, 9.17) is 39.6 Å². The van der Waals surface area contributed by atoms with Crippen LogP contribution in [0.2, 0.25) is 0 Å². The molecule has 0 saturated carbocycles. The lowest BCUT2D eigenvalue weighted by molar-refractivity contribution is 0.482. The fraction of sp³-hybridized carbons (Fsp3) is 0.111. The van der Waals surface area contributed by atoms with Gasteiger partial charge in [-0.1, -0.05) is 0 Å². The molecule has 0 saturated heterocycles. The second kappa shape index (κ2) is 14.6. The van der Waals surface area contributed by atoms with Gasteiger partial charge in [0, 0.05) is 51.9 Å². The second-order valence-electron chi connectivity index (χ2n) is 6.77. The van der Waals surface area contributed by atoms with Gasteiger partial charge in [0.2, 0.25) is 5.13 Å². The maximum atomic E-state index is 13.4. The van der Waals surface area contributed by atoms with E-state index < -0.39 is 63.8 Å². The number of hydrogen-bond donors (Lipinski definition) is 2. The van der Waals surface area contributed by atoms with Crippen molar-refractivity contribution in [1.29, 1.82) is 0 Å². The number of hydrogen-bond acceptors (Lipinski definition) is 11. The fourth-order valence-electron chi connectivity index (χ4n) is 2.24. The van der Waals surface area contributed by atoms with Gasteiger partial charge in [0.1, 0.15) is 21.4 Å². The highest BCUT2D eigenvalue weighted by Crippen LogP contribution is 2.23. The molecule has 0 aliphatic carbocycles. The summed E-state index contributed by atoms with van der Waals surface area (Å²) < 4.78 is 131. The molecule has 3 N–H and O–H groups in total. The molecule has 0 amide bonds. The molecule has 0 aliphatic heterocycles. The summed E-state index contributed by atoms with van der Waals surface area (Å²) in [4.78, 5) is 5.38. The van der Waals surface area contributed by atoms with Crippen LogP contribution in [0.25, 0.3) is 0 Å². The Morgan fingerprint density at radius 2 is 1.15 bits per heavy atom. The normalized spacial score (nSPS) is 11.2. The molecule has 0 radical (unpaired) electrons. The van der Waals surface area contributed by atoms with Crippen molar-refractivity contribution in [3.8, 4) is 0 Å². The van der Waals surface area contributed by atoms with E-state index in [-0.39, 0.29) is 41.1 Å². The first kappa shape index (κ1) is 34.7. The van der Waals surface area contributed by atoms with Crippen LogP contribution in [0.3, 0.4) is 0 Å². The zero-order valence-electron chi connectivity index (χ0n) is 19.3. The summed E-state index contributed by atoms with van der Waals surface area (Å²) >= 11 is 12.7. The number of nitrogens with one attached hydrogen (secondary N) is 1. The summed E-state index contributed by atoms with van der Waals surface area (Å²) in [6, 6.07) is 0.697. The van der Waals surface area contributed by atoms with Gasteiger partial charge in [-0.2, -0.15) is 8.75 Å². The van der Waals surface area contributed by atoms with Gasteiger partial charge in [0.05, 0.1) is 11.8 Å². The summed E-state index contributed by atoms with van der Waals surface area (Å²) in [5.74, 6) is -7.65. The second-order valence-corrected chi connectivity index (χ2v) is 13.0. The van der Waals surface area contributed by atoms with E-state index in [2.05, 4.69) is 18.7 Å². The van der Waals surface area contributed by atoms with Crippen molar-refractivity contribution in [3.05, 3.63) is 70.8 Å². The molecule has 23 heteroatoms. The van der Waals surface area contributed by atoms with Crippen LogP contribution in [-0.2, 0) is 30.8 Å². The molecule has 224 valence electrons. The molecule has 0 unspecified atom stereocenters. The molecule has 0 fully saturated rings. The minimum absolute atomic E-state index is 0.0300.